The highest BCUT2D eigenvalue weighted by Crippen LogP contribution is 2.28. The smallest absolute Gasteiger partial charge is 0.293 e. The van der Waals surface area contributed by atoms with Crippen molar-refractivity contribution in [3.8, 4) is 0 Å². The van der Waals surface area contributed by atoms with Gasteiger partial charge in [0.2, 0.25) is 0 Å². The molecule has 1 unspecified atom stereocenters. The van der Waals surface area contributed by atoms with Gasteiger partial charge in [-0.25, -0.2) is 0 Å². The van der Waals surface area contributed by atoms with E-state index in [2.05, 4.69) is 5.32 Å². The Kier molecular flexibility index (Phi) is 4.29. The van der Waals surface area contributed by atoms with Crippen LogP contribution in [0.25, 0.3) is 0 Å². The zero-order valence-corrected chi connectivity index (χ0v) is 12.8. The normalized spacial score (nSPS) is 13.8. The number of hydrogen-bond acceptors (Lipinski definition) is 5. The molecular formula is C13H13IN2O4. The van der Waals surface area contributed by atoms with Gasteiger partial charge in [0, 0.05) is 9.64 Å². The maximum absolute atomic E-state index is 11.0. The van der Waals surface area contributed by atoms with E-state index in [0.29, 0.717) is 11.4 Å². The van der Waals surface area contributed by atoms with E-state index in [-0.39, 0.29) is 12.2 Å². The number of halogens is 1. The summed E-state index contributed by atoms with van der Waals surface area (Å²) in [4.78, 5) is 10.6. The Hall–Kier alpha value is -1.61. The fourth-order valence-corrected chi connectivity index (χ4v) is 2.22. The molecule has 2 rings (SSSR count). The van der Waals surface area contributed by atoms with Gasteiger partial charge in [-0.2, -0.15) is 0 Å². The molecule has 1 atom stereocenters. The Balaban J connectivity index is 2.17. The van der Waals surface area contributed by atoms with Crippen molar-refractivity contribution in [2.75, 3.05) is 11.9 Å². The van der Waals surface area contributed by atoms with Crippen LogP contribution >= 0.6 is 22.6 Å². The lowest BCUT2D eigenvalue weighted by molar-refractivity contribution is -0.384. The zero-order valence-electron chi connectivity index (χ0n) is 10.7. The molecule has 0 fully saturated rings. The van der Waals surface area contributed by atoms with E-state index >= 15 is 0 Å². The molecule has 0 radical (unpaired) electrons. The Morgan fingerprint density at radius 2 is 2.25 bits per heavy atom. The SMILES string of the molecule is CC(O)(CNc1ccc(I)cc1[N+](=O)[O-])c1ccco1. The van der Waals surface area contributed by atoms with Gasteiger partial charge < -0.3 is 14.8 Å². The van der Waals surface area contributed by atoms with Crippen molar-refractivity contribution in [1.82, 2.24) is 0 Å². The minimum absolute atomic E-state index is 0.0212. The Morgan fingerprint density at radius 3 is 2.85 bits per heavy atom. The molecule has 1 aromatic carbocycles. The van der Waals surface area contributed by atoms with E-state index in [4.69, 9.17) is 4.42 Å². The van der Waals surface area contributed by atoms with Crippen molar-refractivity contribution in [2.45, 2.75) is 12.5 Å². The molecule has 2 aromatic rings. The lowest BCUT2D eigenvalue weighted by Crippen LogP contribution is -2.30. The molecule has 0 aliphatic carbocycles. The zero-order chi connectivity index (χ0) is 14.8. The average Bonchev–Trinajstić information content (AvgIpc) is 2.91. The van der Waals surface area contributed by atoms with Crippen LogP contribution in [0.5, 0.6) is 0 Å². The fourth-order valence-electron chi connectivity index (χ4n) is 1.74. The van der Waals surface area contributed by atoms with E-state index in [9.17, 15) is 15.2 Å². The molecule has 1 heterocycles. The first-order valence-electron chi connectivity index (χ1n) is 5.84. The molecule has 0 bridgehead atoms. The van der Waals surface area contributed by atoms with Crippen LogP contribution in [-0.4, -0.2) is 16.6 Å². The third kappa shape index (κ3) is 3.28. The summed E-state index contributed by atoms with van der Waals surface area (Å²) < 4.78 is 5.93. The van der Waals surface area contributed by atoms with Gasteiger partial charge in [0.05, 0.1) is 17.7 Å². The number of furan rings is 1. The van der Waals surface area contributed by atoms with Crippen LogP contribution in [0, 0.1) is 13.7 Å². The summed E-state index contributed by atoms with van der Waals surface area (Å²) in [5.41, 5.74) is -0.908. The summed E-state index contributed by atoms with van der Waals surface area (Å²) in [5, 5.41) is 24.2. The molecule has 7 heteroatoms. The maximum atomic E-state index is 11.0. The number of hydrogen-bond donors (Lipinski definition) is 2. The first-order valence-corrected chi connectivity index (χ1v) is 6.92. The van der Waals surface area contributed by atoms with Gasteiger partial charge >= 0.3 is 0 Å². The van der Waals surface area contributed by atoms with Crippen molar-refractivity contribution >= 4 is 34.0 Å². The first-order chi connectivity index (χ1) is 9.40. The number of rotatable bonds is 5. The number of nitro groups is 1. The van der Waals surface area contributed by atoms with Crippen LogP contribution in [0.4, 0.5) is 11.4 Å². The van der Waals surface area contributed by atoms with Crippen molar-refractivity contribution < 1.29 is 14.4 Å². The molecule has 0 aliphatic heterocycles. The Morgan fingerprint density at radius 1 is 1.50 bits per heavy atom. The van der Waals surface area contributed by atoms with Crippen molar-refractivity contribution in [1.29, 1.82) is 0 Å². The molecule has 0 aliphatic rings. The van der Waals surface area contributed by atoms with Crippen LogP contribution < -0.4 is 5.32 Å². The third-order valence-electron chi connectivity index (χ3n) is 2.83. The van der Waals surface area contributed by atoms with Gasteiger partial charge in [0.1, 0.15) is 17.0 Å². The lowest BCUT2D eigenvalue weighted by atomic mass is 10.0. The predicted molar refractivity (Wildman–Crippen MR) is 82.6 cm³/mol. The second-order valence-corrected chi connectivity index (χ2v) is 5.77. The third-order valence-corrected chi connectivity index (χ3v) is 3.50. The van der Waals surface area contributed by atoms with Gasteiger partial charge in [-0.1, -0.05) is 0 Å². The molecule has 2 N–H and O–H groups in total. The number of nitrogens with one attached hydrogen (secondary N) is 1. The topological polar surface area (TPSA) is 88.5 Å². The highest BCUT2D eigenvalue weighted by Gasteiger charge is 2.27. The van der Waals surface area contributed by atoms with Gasteiger partial charge in [-0.3, -0.25) is 10.1 Å². The first kappa shape index (κ1) is 14.8. The van der Waals surface area contributed by atoms with Crippen LogP contribution in [0.1, 0.15) is 12.7 Å². The molecule has 0 saturated heterocycles. The number of nitrogens with zero attached hydrogens (tertiary/aromatic N) is 1. The Bertz CT molecular complexity index is 611. The monoisotopic (exact) mass is 388 g/mol. The number of aliphatic hydroxyl groups is 1. The molecule has 20 heavy (non-hydrogen) atoms. The molecule has 6 nitrogen and oxygen atoms in total. The van der Waals surface area contributed by atoms with Gasteiger partial charge in [0.15, 0.2) is 0 Å². The maximum Gasteiger partial charge on any atom is 0.293 e. The molecule has 0 spiro atoms. The summed E-state index contributed by atoms with van der Waals surface area (Å²) in [6.07, 6.45) is 1.47. The predicted octanol–water partition coefficient (Wildman–Crippen LogP) is 3.11. The largest absolute Gasteiger partial charge is 0.466 e. The molecule has 0 amide bonds. The van der Waals surface area contributed by atoms with Gasteiger partial charge in [0.25, 0.3) is 5.69 Å². The van der Waals surface area contributed by atoms with E-state index in [1.807, 2.05) is 22.6 Å². The molecule has 0 saturated carbocycles. The van der Waals surface area contributed by atoms with Crippen LogP contribution in [-0.2, 0) is 5.60 Å². The van der Waals surface area contributed by atoms with Crippen LogP contribution in [0.15, 0.2) is 41.0 Å². The lowest BCUT2D eigenvalue weighted by Gasteiger charge is -2.21. The quantitative estimate of drug-likeness (QED) is 0.467. The highest BCUT2D eigenvalue weighted by atomic mass is 127. The molecule has 1 aromatic heterocycles. The summed E-state index contributed by atoms with van der Waals surface area (Å²) in [5.74, 6) is 0.401. The Labute approximate surface area is 129 Å². The number of nitro benzene ring substituents is 1. The minimum atomic E-state index is -1.25. The summed E-state index contributed by atoms with van der Waals surface area (Å²) in [6, 6.07) is 8.20. The number of benzene rings is 1. The van der Waals surface area contributed by atoms with E-state index in [1.165, 1.54) is 12.3 Å². The summed E-state index contributed by atoms with van der Waals surface area (Å²) in [7, 11) is 0. The van der Waals surface area contributed by atoms with E-state index in [1.54, 1.807) is 31.2 Å². The molecular weight excluding hydrogens is 375 g/mol. The van der Waals surface area contributed by atoms with Crippen molar-refractivity contribution in [3.05, 3.63) is 56.0 Å². The van der Waals surface area contributed by atoms with Crippen LogP contribution in [0.2, 0.25) is 0 Å². The molecule has 106 valence electrons. The minimum Gasteiger partial charge on any atom is -0.466 e. The van der Waals surface area contributed by atoms with Crippen molar-refractivity contribution in [2.24, 2.45) is 0 Å². The van der Waals surface area contributed by atoms with E-state index < -0.39 is 10.5 Å². The average molecular weight is 388 g/mol. The van der Waals surface area contributed by atoms with Gasteiger partial charge in [-0.05, 0) is 53.8 Å². The van der Waals surface area contributed by atoms with Crippen molar-refractivity contribution in [3.63, 3.8) is 0 Å². The fraction of sp³-hybridized carbons (Fsp3) is 0.231. The van der Waals surface area contributed by atoms with Gasteiger partial charge in [-0.15, -0.1) is 0 Å². The number of anilines is 1. The summed E-state index contributed by atoms with van der Waals surface area (Å²) >= 11 is 2.01. The van der Waals surface area contributed by atoms with Crippen LogP contribution in [0.3, 0.4) is 0 Å². The standard InChI is InChI=1S/C13H13IN2O4/c1-13(17,12-3-2-6-20-12)8-15-10-5-4-9(14)7-11(10)16(18)19/h2-7,15,17H,8H2,1H3. The summed E-state index contributed by atoms with van der Waals surface area (Å²) in [6.45, 7) is 1.68. The van der Waals surface area contributed by atoms with E-state index in [0.717, 1.165) is 3.57 Å². The second-order valence-electron chi connectivity index (χ2n) is 4.52. The second kappa shape index (κ2) is 5.80. The highest BCUT2D eigenvalue weighted by molar-refractivity contribution is 14.1.